The van der Waals surface area contributed by atoms with Crippen molar-refractivity contribution in [2.75, 3.05) is 9.80 Å². The van der Waals surface area contributed by atoms with Crippen molar-refractivity contribution >= 4 is 51.7 Å². The zero-order valence-corrected chi connectivity index (χ0v) is 38.4. The maximum atomic E-state index is 13.6. The summed E-state index contributed by atoms with van der Waals surface area (Å²) in [5, 5.41) is 16.5. The minimum atomic E-state index is -4.48. The summed E-state index contributed by atoms with van der Waals surface area (Å²) in [5.41, 5.74) is 5.90. The van der Waals surface area contributed by atoms with E-state index in [2.05, 4.69) is 51.4 Å². The molecule has 6 aromatic rings. The Bertz CT molecular complexity index is 2840. The number of nitrogens with zero attached hydrogens (tertiary/aromatic N) is 2. The van der Waals surface area contributed by atoms with Crippen LogP contribution >= 0.6 is 22.6 Å². The van der Waals surface area contributed by atoms with E-state index in [1.165, 1.54) is 58.0 Å². The number of carboxylic acids is 1. The highest BCUT2D eigenvalue weighted by Crippen LogP contribution is 2.43. The normalized spacial score (nSPS) is 22.2. The number of aromatic carboxylic acids is 1. The Morgan fingerprint density at radius 3 is 1.40 bits per heavy atom. The van der Waals surface area contributed by atoms with Crippen molar-refractivity contribution < 1.29 is 45.8 Å². The molecule has 0 unspecified atom stereocenters. The Labute approximate surface area is 402 Å². The molecule has 0 bridgehead atoms. The SMILES string of the molecule is O=C(O)c1cccc([C@H]2C[C@@H](N[C@H]3CCc4ccccc43)C(=O)N2c2ccc(C(F)(F)F)cc2)c1.O=C1[C@H](N[C@H]2CCc3ccccc32)C[C@H](c2cccc(I)c2)N1c1ccc(C(F)(F)F)cc1. The first-order valence-electron chi connectivity index (χ1n) is 22.3. The molecule has 0 radical (unpaired) electrons. The molecule has 2 fully saturated rings. The van der Waals surface area contributed by atoms with Crippen LogP contribution in [0.2, 0.25) is 0 Å². The first-order chi connectivity index (χ1) is 32.5. The molecule has 8 nitrogen and oxygen atoms in total. The zero-order chi connectivity index (χ0) is 47.9. The minimum absolute atomic E-state index is 0.00120. The number of carbonyl (C=O) groups is 3. The van der Waals surface area contributed by atoms with Crippen molar-refractivity contribution in [2.45, 2.75) is 87.1 Å². The number of hydrogen-bond donors (Lipinski definition) is 3. The molecule has 3 N–H and O–H groups in total. The van der Waals surface area contributed by atoms with Crippen molar-refractivity contribution in [1.29, 1.82) is 0 Å². The van der Waals surface area contributed by atoms with Crippen molar-refractivity contribution in [2.24, 2.45) is 0 Å². The van der Waals surface area contributed by atoms with E-state index in [-0.39, 0.29) is 35.5 Å². The molecular weight excluding hydrogens is 997 g/mol. The fraction of sp³-hybridized carbons (Fsp3) is 0.264. The number of amides is 2. The van der Waals surface area contributed by atoms with Crippen LogP contribution in [0.3, 0.4) is 0 Å². The van der Waals surface area contributed by atoms with Crippen molar-refractivity contribution in [1.82, 2.24) is 10.6 Å². The van der Waals surface area contributed by atoms with Gasteiger partial charge in [0.05, 0.1) is 40.9 Å². The number of fused-ring (bicyclic) bond motifs is 2. The van der Waals surface area contributed by atoms with E-state index in [9.17, 15) is 45.8 Å². The van der Waals surface area contributed by atoms with Gasteiger partial charge in [0.2, 0.25) is 11.8 Å². The molecule has 15 heteroatoms. The fourth-order valence-corrected chi connectivity index (χ4v) is 10.7. The first-order valence-corrected chi connectivity index (χ1v) is 23.4. The van der Waals surface area contributed by atoms with Gasteiger partial charge in [-0.15, -0.1) is 0 Å². The highest BCUT2D eigenvalue weighted by atomic mass is 127. The summed E-state index contributed by atoms with van der Waals surface area (Å²) in [5.74, 6) is -1.45. The van der Waals surface area contributed by atoms with Crippen LogP contribution in [-0.2, 0) is 34.8 Å². The predicted octanol–water partition coefficient (Wildman–Crippen LogP) is 12.0. The number of halogens is 7. The lowest BCUT2D eigenvalue weighted by Gasteiger charge is -2.26. The molecule has 6 atom stereocenters. The number of aryl methyl sites for hydroxylation is 2. The molecule has 10 rings (SSSR count). The van der Waals surface area contributed by atoms with E-state index < -0.39 is 47.6 Å². The average Bonchev–Trinajstić information content (AvgIpc) is 4.10. The lowest BCUT2D eigenvalue weighted by molar-refractivity contribution is -0.138. The number of anilines is 2. The topological polar surface area (TPSA) is 102 Å². The summed E-state index contributed by atoms with van der Waals surface area (Å²) in [4.78, 5) is 41.9. The second-order valence-corrected chi connectivity index (χ2v) is 18.8. The van der Waals surface area contributed by atoms with Crippen LogP contribution < -0.4 is 20.4 Å². The lowest BCUT2D eigenvalue weighted by Crippen LogP contribution is -2.40. The largest absolute Gasteiger partial charge is 0.478 e. The molecule has 0 aromatic heterocycles. The van der Waals surface area contributed by atoms with Crippen LogP contribution in [0.1, 0.15) is 105 Å². The van der Waals surface area contributed by atoms with Gasteiger partial charge >= 0.3 is 18.3 Å². The molecule has 0 saturated carbocycles. The van der Waals surface area contributed by atoms with Gasteiger partial charge in [-0.1, -0.05) is 72.8 Å². The lowest BCUT2D eigenvalue weighted by atomic mass is 9.99. The van der Waals surface area contributed by atoms with E-state index in [1.54, 1.807) is 17.0 Å². The van der Waals surface area contributed by atoms with E-state index in [1.807, 2.05) is 54.6 Å². The molecule has 2 aliphatic heterocycles. The molecule has 2 heterocycles. The van der Waals surface area contributed by atoms with Gasteiger partial charge in [-0.25, -0.2) is 4.79 Å². The van der Waals surface area contributed by atoms with E-state index >= 15 is 0 Å². The molecule has 2 saturated heterocycles. The van der Waals surface area contributed by atoms with Gasteiger partial charge in [0.25, 0.3) is 0 Å². The van der Waals surface area contributed by atoms with Crippen LogP contribution in [0.4, 0.5) is 37.7 Å². The Morgan fingerprint density at radius 2 is 0.971 bits per heavy atom. The molecule has 4 aliphatic rings. The van der Waals surface area contributed by atoms with E-state index in [4.69, 9.17) is 0 Å². The summed E-state index contributed by atoms with van der Waals surface area (Å²) in [6.07, 6.45) is -4.33. The Balaban J connectivity index is 0.000000170. The number of benzene rings is 6. The Hall–Kier alpha value is -6.04. The summed E-state index contributed by atoms with van der Waals surface area (Å²) >= 11 is 2.23. The molecule has 0 spiro atoms. The first kappa shape index (κ1) is 47.0. The van der Waals surface area contributed by atoms with Crippen molar-refractivity contribution in [3.05, 3.63) is 199 Å². The molecule has 2 aliphatic carbocycles. The van der Waals surface area contributed by atoms with Crippen LogP contribution in [0.25, 0.3) is 0 Å². The van der Waals surface area contributed by atoms with Gasteiger partial charge in [-0.05, 0) is 167 Å². The summed E-state index contributed by atoms with van der Waals surface area (Å²) in [7, 11) is 0. The Kier molecular flexibility index (Phi) is 13.3. The summed E-state index contributed by atoms with van der Waals surface area (Å²) in [6, 6.07) is 38.3. The second kappa shape index (κ2) is 19.2. The number of hydrogen-bond acceptors (Lipinski definition) is 5. The maximum absolute atomic E-state index is 13.6. The number of rotatable bonds is 9. The van der Waals surface area contributed by atoms with Gasteiger partial charge in [-0.3, -0.25) is 20.2 Å². The zero-order valence-electron chi connectivity index (χ0n) is 36.3. The number of carbonyl (C=O) groups excluding carboxylic acids is 2. The monoisotopic (exact) mass is 1040 g/mol. The molecule has 350 valence electrons. The van der Waals surface area contributed by atoms with Crippen LogP contribution in [0.15, 0.2) is 146 Å². The maximum Gasteiger partial charge on any atom is 0.416 e. The third-order valence-corrected chi connectivity index (χ3v) is 14.1. The molecule has 6 aromatic carbocycles. The molecular formula is C53H45F6IN4O4. The van der Waals surface area contributed by atoms with Gasteiger partial charge < -0.3 is 14.9 Å². The van der Waals surface area contributed by atoms with Gasteiger partial charge in [-0.2, -0.15) is 26.3 Å². The van der Waals surface area contributed by atoms with Gasteiger partial charge in [0.15, 0.2) is 0 Å². The minimum Gasteiger partial charge on any atom is -0.478 e. The predicted molar refractivity (Wildman–Crippen MR) is 254 cm³/mol. The highest BCUT2D eigenvalue weighted by molar-refractivity contribution is 14.1. The molecule has 2 amide bonds. The Morgan fingerprint density at radius 1 is 0.544 bits per heavy atom. The third kappa shape index (κ3) is 9.78. The van der Waals surface area contributed by atoms with Crippen LogP contribution in [0.5, 0.6) is 0 Å². The van der Waals surface area contributed by atoms with Crippen molar-refractivity contribution in [3.63, 3.8) is 0 Å². The van der Waals surface area contributed by atoms with Crippen LogP contribution in [0, 0.1) is 3.57 Å². The van der Waals surface area contributed by atoms with E-state index in [0.717, 1.165) is 64.6 Å². The number of carboxylic acid groups (broad SMARTS) is 1. The highest BCUT2D eigenvalue weighted by Gasteiger charge is 2.45. The smallest absolute Gasteiger partial charge is 0.416 e. The third-order valence-electron chi connectivity index (χ3n) is 13.4. The quantitative estimate of drug-likeness (QED) is 0.0985. The fourth-order valence-electron chi connectivity index (χ4n) is 10.1. The standard InChI is InChI=1S/C27H23F3N2O3.C26H22F3IN2O/c28-27(29,30)19-9-11-20(12-10-19)32-24(17-5-3-6-18(14-17)26(34)35)15-23(25(32)33)31-22-13-8-16-4-1-2-7-21(16)22;27-26(28,29)18-9-11-20(12-10-18)32-24(17-5-3-6-19(30)14-17)15-23(25(32)33)31-22-13-8-16-4-1-2-7-21(16)22/h1-7,9-12,14,22-24,31H,8,13,15H2,(H,34,35);1-7,9-12,14,22-24,31H,8,13,15H2/t2*22-,23+,24+/m00/s1. The van der Waals surface area contributed by atoms with Gasteiger partial charge in [0.1, 0.15) is 0 Å². The van der Waals surface area contributed by atoms with Crippen molar-refractivity contribution in [3.8, 4) is 0 Å². The van der Waals surface area contributed by atoms with Crippen LogP contribution in [-0.4, -0.2) is 35.0 Å². The molecule has 68 heavy (non-hydrogen) atoms. The number of alkyl halides is 6. The van der Waals surface area contributed by atoms with E-state index in [0.29, 0.717) is 29.8 Å². The second-order valence-electron chi connectivity index (χ2n) is 17.5. The van der Waals surface area contributed by atoms with Gasteiger partial charge in [0, 0.05) is 27.0 Å². The average molecular weight is 1040 g/mol. The summed E-state index contributed by atoms with van der Waals surface area (Å²) < 4.78 is 79.6. The summed E-state index contributed by atoms with van der Waals surface area (Å²) in [6.45, 7) is 0. The number of nitrogens with one attached hydrogen (secondary N) is 2.